The van der Waals surface area contributed by atoms with Crippen LogP contribution < -0.4 is 5.32 Å². The van der Waals surface area contributed by atoms with Crippen LogP contribution in [0.15, 0.2) is 47.6 Å². The van der Waals surface area contributed by atoms with E-state index in [4.69, 9.17) is 23.2 Å². The van der Waals surface area contributed by atoms with E-state index < -0.39 is 0 Å². The monoisotopic (exact) mass is 452 g/mol. The molecule has 0 bridgehead atoms. The molecular formula is C20H19Cl2FN4OS. The van der Waals surface area contributed by atoms with E-state index in [0.717, 1.165) is 10.7 Å². The molecule has 1 atom stereocenters. The van der Waals surface area contributed by atoms with Gasteiger partial charge in [-0.3, -0.25) is 4.79 Å². The summed E-state index contributed by atoms with van der Waals surface area (Å²) < 4.78 is 15.0. The Balaban J connectivity index is 1.70. The zero-order valence-electron chi connectivity index (χ0n) is 15.8. The van der Waals surface area contributed by atoms with Gasteiger partial charge in [0.2, 0.25) is 0 Å². The molecule has 0 aliphatic heterocycles. The quantitative estimate of drug-likeness (QED) is 0.478. The predicted octanol–water partition coefficient (Wildman–Crippen LogP) is 5.53. The van der Waals surface area contributed by atoms with Crippen molar-refractivity contribution in [1.82, 2.24) is 20.1 Å². The molecule has 0 fully saturated rings. The van der Waals surface area contributed by atoms with Gasteiger partial charge in [0, 0.05) is 17.9 Å². The molecule has 0 radical (unpaired) electrons. The van der Waals surface area contributed by atoms with Crippen molar-refractivity contribution in [2.45, 2.75) is 37.3 Å². The highest BCUT2D eigenvalue weighted by molar-refractivity contribution is 7.98. The van der Waals surface area contributed by atoms with Crippen LogP contribution >= 0.6 is 35.0 Å². The Morgan fingerprint density at radius 2 is 1.90 bits per heavy atom. The normalized spacial score (nSPS) is 12.0. The Kier molecular flexibility index (Phi) is 7.16. The molecule has 1 aromatic heterocycles. The van der Waals surface area contributed by atoms with Gasteiger partial charge in [-0.25, -0.2) is 4.39 Å². The van der Waals surface area contributed by atoms with E-state index in [0.29, 0.717) is 33.7 Å². The van der Waals surface area contributed by atoms with Crippen LogP contribution in [0.4, 0.5) is 4.39 Å². The van der Waals surface area contributed by atoms with Crippen molar-refractivity contribution in [3.8, 4) is 0 Å². The van der Waals surface area contributed by atoms with Gasteiger partial charge in [-0.1, -0.05) is 47.1 Å². The minimum atomic E-state index is -0.357. The van der Waals surface area contributed by atoms with Gasteiger partial charge in [0.25, 0.3) is 5.91 Å². The number of benzene rings is 2. The molecule has 0 aliphatic carbocycles. The Morgan fingerprint density at radius 1 is 1.17 bits per heavy atom. The highest BCUT2D eigenvalue weighted by Gasteiger charge is 2.20. The van der Waals surface area contributed by atoms with E-state index >= 15 is 0 Å². The average Bonchev–Trinajstić information content (AvgIpc) is 3.12. The van der Waals surface area contributed by atoms with Crippen LogP contribution in [-0.4, -0.2) is 20.7 Å². The third kappa shape index (κ3) is 5.29. The van der Waals surface area contributed by atoms with Crippen molar-refractivity contribution >= 4 is 40.9 Å². The second-order valence-electron chi connectivity index (χ2n) is 6.32. The number of hydrogen-bond donors (Lipinski definition) is 1. The maximum Gasteiger partial charge on any atom is 0.251 e. The van der Waals surface area contributed by atoms with Crippen molar-refractivity contribution in [2.75, 3.05) is 0 Å². The van der Waals surface area contributed by atoms with Crippen molar-refractivity contribution in [3.05, 3.63) is 75.3 Å². The molecule has 0 aliphatic rings. The maximum atomic E-state index is 13.0. The Labute approximate surface area is 182 Å². The number of nitrogens with zero attached hydrogens (tertiary/aromatic N) is 3. The van der Waals surface area contributed by atoms with Gasteiger partial charge >= 0.3 is 0 Å². The summed E-state index contributed by atoms with van der Waals surface area (Å²) in [6, 6.07) is 10.7. The number of aromatic nitrogens is 3. The van der Waals surface area contributed by atoms with Gasteiger partial charge in [-0.05, 0) is 49.7 Å². The molecule has 3 rings (SSSR count). The predicted molar refractivity (Wildman–Crippen MR) is 114 cm³/mol. The first-order valence-electron chi connectivity index (χ1n) is 8.95. The molecular weight excluding hydrogens is 434 g/mol. The summed E-state index contributed by atoms with van der Waals surface area (Å²) in [5.74, 6) is 0.761. The van der Waals surface area contributed by atoms with Crippen LogP contribution in [0.5, 0.6) is 0 Å². The lowest BCUT2D eigenvalue weighted by atomic mass is 10.2. The highest BCUT2D eigenvalue weighted by atomic mass is 35.5. The van der Waals surface area contributed by atoms with Crippen molar-refractivity contribution < 1.29 is 9.18 Å². The lowest BCUT2D eigenvalue weighted by Crippen LogP contribution is -2.28. The highest BCUT2D eigenvalue weighted by Crippen LogP contribution is 2.25. The van der Waals surface area contributed by atoms with Crippen LogP contribution in [0, 0.1) is 5.82 Å². The maximum absolute atomic E-state index is 13.0. The Bertz CT molecular complexity index is 1010. The first-order valence-corrected chi connectivity index (χ1v) is 10.7. The number of rotatable bonds is 7. The molecule has 0 unspecified atom stereocenters. The van der Waals surface area contributed by atoms with Crippen molar-refractivity contribution in [2.24, 2.45) is 0 Å². The van der Waals surface area contributed by atoms with Crippen LogP contribution in [-0.2, 0) is 12.3 Å². The summed E-state index contributed by atoms with van der Waals surface area (Å²) in [5.41, 5.74) is 1.41. The summed E-state index contributed by atoms with van der Waals surface area (Å²) in [5, 5.41) is 12.9. The summed E-state index contributed by atoms with van der Waals surface area (Å²) in [4.78, 5) is 12.5. The van der Waals surface area contributed by atoms with Crippen LogP contribution in [0.2, 0.25) is 10.0 Å². The van der Waals surface area contributed by atoms with Crippen molar-refractivity contribution in [3.63, 3.8) is 0 Å². The van der Waals surface area contributed by atoms with E-state index in [1.165, 1.54) is 30.0 Å². The molecule has 29 heavy (non-hydrogen) atoms. The molecule has 0 spiro atoms. The zero-order chi connectivity index (χ0) is 21.0. The third-order valence-electron chi connectivity index (χ3n) is 4.26. The largest absolute Gasteiger partial charge is 0.342 e. The van der Waals surface area contributed by atoms with Gasteiger partial charge in [-0.15, -0.1) is 10.2 Å². The number of carbonyl (C=O) groups is 1. The number of thioether (sulfide) groups is 1. The number of halogens is 3. The first-order chi connectivity index (χ1) is 13.9. The summed E-state index contributed by atoms with van der Waals surface area (Å²) in [6.45, 7) is 4.49. The Hall–Kier alpha value is -2.09. The average molecular weight is 453 g/mol. The Morgan fingerprint density at radius 3 is 2.55 bits per heavy atom. The lowest BCUT2D eigenvalue weighted by molar-refractivity contribution is 0.0937. The summed E-state index contributed by atoms with van der Waals surface area (Å²) in [7, 11) is 0. The van der Waals surface area contributed by atoms with Gasteiger partial charge < -0.3 is 9.88 Å². The van der Waals surface area contributed by atoms with Crippen molar-refractivity contribution in [1.29, 1.82) is 0 Å². The fourth-order valence-electron chi connectivity index (χ4n) is 2.73. The van der Waals surface area contributed by atoms with Crippen LogP contribution in [0.1, 0.15) is 41.6 Å². The fourth-order valence-corrected chi connectivity index (χ4v) is 4.00. The molecule has 2 aromatic carbocycles. The van der Waals surface area contributed by atoms with Gasteiger partial charge in [0.15, 0.2) is 11.0 Å². The number of hydrogen-bond acceptors (Lipinski definition) is 4. The minimum Gasteiger partial charge on any atom is -0.342 e. The topological polar surface area (TPSA) is 59.8 Å². The van der Waals surface area contributed by atoms with Crippen LogP contribution in [0.3, 0.4) is 0 Å². The first kappa shape index (κ1) is 21.6. The van der Waals surface area contributed by atoms with E-state index in [1.54, 1.807) is 24.3 Å². The second-order valence-corrected chi connectivity index (χ2v) is 8.08. The second kappa shape index (κ2) is 9.61. The van der Waals surface area contributed by atoms with Crippen LogP contribution in [0.25, 0.3) is 0 Å². The zero-order valence-corrected chi connectivity index (χ0v) is 18.2. The van der Waals surface area contributed by atoms with E-state index in [-0.39, 0.29) is 17.8 Å². The molecule has 9 heteroatoms. The minimum absolute atomic E-state index is 0.260. The smallest absolute Gasteiger partial charge is 0.251 e. The van der Waals surface area contributed by atoms with Gasteiger partial charge in [-0.2, -0.15) is 0 Å². The van der Waals surface area contributed by atoms with E-state index in [1.807, 2.05) is 18.4 Å². The third-order valence-corrected chi connectivity index (χ3v) is 6.04. The molecule has 3 aromatic rings. The molecule has 0 saturated heterocycles. The lowest BCUT2D eigenvalue weighted by Gasteiger charge is -2.15. The number of carbonyl (C=O) groups excluding carboxylic acids is 1. The SMILES string of the molecule is CCn1c(SCc2ccc(F)cc2)nnc1[C@@H](C)NC(=O)c1ccc(Cl)c(Cl)c1. The molecule has 1 amide bonds. The number of amides is 1. The molecule has 152 valence electrons. The number of nitrogens with one attached hydrogen (secondary N) is 1. The summed E-state index contributed by atoms with van der Waals surface area (Å²) in [6.07, 6.45) is 0. The molecule has 1 N–H and O–H groups in total. The molecule has 5 nitrogen and oxygen atoms in total. The fraction of sp³-hybridized carbons (Fsp3) is 0.250. The van der Waals surface area contributed by atoms with Gasteiger partial charge in [0.1, 0.15) is 5.82 Å². The standard InChI is InChI=1S/C20H19Cl2FN4OS/c1-3-27-18(12(2)24-19(28)14-6-9-16(21)17(22)10-14)25-26-20(27)29-11-13-4-7-15(23)8-5-13/h4-10,12H,3,11H2,1-2H3,(H,24,28)/t12-/m1/s1. The van der Waals surface area contributed by atoms with Gasteiger partial charge in [0.05, 0.1) is 16.1 Å². The molecule has 1 heterocycles. The summed E-state index contributed by atoms with van der Waals surface area (Å²) >= 11 is 13.4. The molecule has 0 saturated carbocycles. The van der Waals surface area contributed by atoms with E-state index in [9.17, 15) is 9.18 Å². The van der Waals surface area contributed by atoms with E-state index in [2.05, 4.69) is 15.5 Å².